The predicted molar refractivity (Wildman–Crippen MR) is 64.6 cm³/mol. The van der Waals surface area contributed by atoms with E-state index in [-0.39, 0.29) is 11.7 Å². The van der Waals surface area contributed by atoms with Gasteiger partial charge in [-0.25, -0.2) is 4.98 Å². The molecule has 0 unspecified atom stereocenters. The summed E-state index contributed by atoms with van der Waals surface area (Å²) in [6.07, 6.45) is 0. The number of hydrogen-bond acceptors (Lipinski definition) is 5. The fourth-order valence-electron chi connectivity index (χ4n) is 1.35. The van der Waals surface area contributed by atoms with Crippen molar-refractivity contribution in [2.24, 2.45) is 5.73 Å². The lowest BCUT2D eigenvalue weighted by Gasteiger charge is -2.01. The molecule has 2 aromatic heterocycles. The van der Waals surface area contributed by atoms with Gasteiger partial charge in [-0.1, -0.05) is 0 Å². The van der Waals surface area contributed by atoms with Gasteiger partial charge in [-0.05, 0) is 19.1 Å². The number of carbonyl (C=O) groups excluding carboxylic acids is 1. The number of amides is 1. The lowest BCUT2D eigenvalue weighted by Crippen LogP contribution is -2.22. The molecular formula is C11H13N3O2S. The third-order valence-electron chi connectivity index (χ3n) is 2.34. The van der Waals surface area contributed by atoms with Gasteiger partial charge in [-0.3, -0.25) is 4.79 Å². The van der Waals surface area contributed by atoms with Gasteiger partial charge >= 0.3 is 0 Å². The zero-order chi connectivity index (χ0) is 12.3. The summed E-state index contributed by atoms with van der Waals surface area (Å²) in [6, 6.07) is 3.32. The monoisotopic (exact) mass is 251 g/mol. The van der Waals surface area contributed by atoms with Gasteiger partial charge in [-0.15, -0.1) is 11.3 Å². The molecule has 0 aliphatic rings. The lowest BCUT2D eigenvalue weighted by atomic mass is 10.3. The Kier molecular flexibility index (Phi) is 3.55. The molecule has 17 heavy (non-hydrogen) atoms. The van der Waals surface area contributed by atoms with E-state index in [1.54, 1.807) is 17.6 Å². The van der Waals surface area contributed by atoms with Crippen LogP contribution < -0.4 is 11.1 Å². The van der Waals surface area contributed by atoms with Crippen molar-refractivity contribution in [3.8, 4) is 0 Å². The highest BCUT2D eigenvalue weighted by Crippen LogP contribution is 2.12. The van der Waals surface area contributed by atoms with E-state index < -0.39 is 0 Å². The van der Waals surface area contributed by atoms with E-state index in [0.717, 1.165) is 10.6 Å². The van der Waals surface area contributed by atoms with E-state index in [1.165, 1.54) is 11.3 Å². The maximum atomic E-state index is 11.7. The first-order chi connectivity index (χ1) is 8.20. The van der Waals surface area contributed by atoms with Crippen LogP contribution in [-0.4, -0.2) is 10.9 Å². The summed E-state index contributed by atoms with van der Waals surface area (Å²) in [5.41, 5.74) is 8.10. The molecule has 0 fully saturated rings. The molecule has 5 nitrogen and oxygen atoms in total. The van der Waals surface area contributed by atoms with Gasteiger partial charge in [0.15, 0.2) is 5.76 Å². The lowest BCUT2D eigenvalue weighted by molar-refractivity contribution is 0.0922. The number of nitrogens with one attached hydrogen (secondary N) is 1. The topological polar surface area (TPSA) is 81.2 Å². The molecule has 0 aliphatic carbocycles. The van der Waals surface area contributed by atoms with E-state index in [2.05, 4.69) is 10.3 Å². The van der Waals surface area contributed by atoms with Crippen LogP contribution >= 0.6 is 11.3 Å². The fraction of sp³-hybridized carbons (Fsp3) is 0.273. The van der Waals surface area contributed by atoms with Crippen molar-refractivity contribution in [2.45, 2.75) is 20.0 Å². The van der Waals surface area contributed by atoms with Gasteiger partial charge in [0.25, 0.3) is 5.91 Å². The number of nitrogens with zero attached hydrogens (tertiary/aromatic N) is 1. The molecule has 0 saturated heterocycles. The largest absolute Gasteiger partial charge is 0.455 e. The normalized spacial score (nSPS) is 10.5. The highest BCUT2D eigenvalue weighted by molar-refractivity contribution is 7.09. The molecule has 3 N–H and O–H groups in total. The summed E-state index contributed by atoms with van der Waals surface area (Å²) in [6.45, 7) is 2.67. The van der Waals surface area contributed by atoms with Crippen molar-refractivity contribution < 1.29 is 9.21 Å². The van der Waals surface area contributed by atoms with Gasteiger partial charge in [0, 0.05) is 4.88 Å². The van der Waals surface area contributed by atoms with Crippen molar-refractivity contribution in [2.75, 3.05) is 0 Å². The summed E-state index contributed by atoms with van der Waals surface area (Å²) in [4.78, 5) is 16.9. The molecule has 90 valence electrons. The SMILES string of the molecule is Cc1ncsc1CNC(=O)c1ccc(CN)o1. The Bertz CT molecular complexity index is 518. The minimum Gasteiger partial charge on any atom is -0.455 e. The molecule has 0 saturated carbocycles. The molecule has 0 aromatic carbocycles. The predicted octanol–water partition coefficient (Wildman–Crippen LogP) is 1.43. The van der Waals surface area contributed by atoms with E-state index >= 15 is 0 Å². The number of rotatable bonds is 4. The Morgan fingerprint density at radius 1 is 1.59 bits per heavy atom. The average molecular weight is 251 g/mol. The van der Waals surface area contributed by atoms with Crippen LogP contribution in [-0.2, 0) is 13.1 Å². The van der Waals surface area contributed by atoms with Gasteiger partial charge in [0.05, 0.1) is 24.3 Å². The standard InChI is InChI=1S/C11H13N3O2S/c1-7-10(17-6-14-7)5-13-11(15)9-3-2-8(4-12)16-9/h2-3,6H,4-5,12H2,1H3,(H,13,15). The Morgan fingerprint density at radius 3 is 3.00 bits per heavy atom. The van der Waals surface area contributed by atoms with Crippen molar-refractivity contribution in [3.05, 3.63) is 39.7 Å². The Labute approximate surface area is 103 Å². The Morgan fingerprint density at radius 2 is 2.41 bits per heavy atom. The number of furan rings is 1. The third-order valence-corrected chi connectivity index (χ3v) is 3.28. The summed E-state index contributed by atoms with van der Waals surface area (Å²) in [5.74, 6) is 0.647. The smallest absolute Gasteiger partial charge is 0.287 e. The maximum Gasteiger partial charge on any atom is 0.287 e. The summed E-state index contributed by atoms with van der Waals surface area (Å²) in [5, 5.41) is 2.78. The Balaban J connectivity index is 1.95. The zero-order valence-electron chi connectivity index (χ0n) is 9.40. The highest BCUT2D eigenvalue weighted by atomic mass is 32.1. The molecule has 0 bridgehead atoms. The quantitative estimate of drug-likeness (QED) is 0.861. The molecular weight excluding hydrogens is 238 g/mol. The van der Waals surface area contributed by atoms with Crippen LogP contribution in [0, 0.1) is 6.92 Å². The molecule has 2 aromatic rings. The number of aromatic nitrogens is 1. The van der Waals surface area contributed by atoms with E-state index in [9.17, 15) is 4.79 Å². The molecule has 0 radical (unpaired) electrons. The molecule has 2 heterocycles. The molecule has 0 spiro atoms. The summed E-state index contributed by atoms with van der Waals surface area (Å²) < 4.78 is 5.25. The first kappa shape index (κ1) is 11.8. The molecule has 0 atom stereocenters. The molecule has 0 aliphatic heterocycles. The molecule has 2 rings (SSSR count). The second-order valence-corrected chi connectivity index (χ2v) is 4.45. The molecule has 6 heteroatoms. The second-order valence-electron chi connectivity index (χ2n) is 3.51. The number of hydrogen-bond donors (Lipinski definition) is 2. The van der Waals surface area contributed by atoms with Crippen molar-refractivity contribution >= 4 is 17.2 Å². The Hall–Kier alpha value is -1.66. The minimum absolute atomic E-state index is 0.238. The van der Waals surface area contributed by atoms with Crippen LogP contribution in [0.2, 0.25) is 0 Å². The van der Waals surface area contributed by atoms with Gasteiger partial charge in [-0.2, -0.15) is 0 Å². The van der Waals surface area contributed by atoms with Gasteiger partial charge < -0.3 is 15.5 Å². The van der Waals surface area contributed by atoms with Gasteiger partial charge in [0.1, 0.15) is 5.76 Å². The molecule has 1 amide bonds. The van der Waals surface area contributed by atoms with Crippen LogP contribution in [0.1, 0.15) is 26.9 Å². The van der Waals surface area contributed by atoms with Crippen LogP contribution in [0.4, 0.5) is 0 Å². The van der Waals surface area contributed by atoms with Crippen LogP contribution in [0.3, 0.4) is 0 Å². The summed E-state index contributed by atoms with van der Waals surface area (Å²) >= 11 is 1.52. The van der Waals surface area contributed by atoms with E-state index in [1.807, 2.05) is 6.92 Å². The van der Waals surface area contributed by atoms with Crippen LogP contribution in [0.25, 0.3) is 0 Å². The van der Waals surface area contributed by atoms with E-state index in [4.69, 9.17) is 10.2 Å². The van der Waals surface area contributed by atoms with Crippen molar-refractivity contribution in [3.63, 3.8) is 0 Å². The number of carbonyl (C=O) groups is 1. The van der Waals surface area contributed by atoms with Crippen molar-refractivity contribution in [1.29, 1.82) is 0 Å². The number of aryl methyl sites for hydroxylation is 1. The first-order valence-electron chi connectivity index (χ1n) is 5.16. The number of thiazole rings is 1. The van der Waals surface area contributed by atoms with Crippen LogP contribution in [0.15, 0.2) is 22.1 Å². The van der Waals surface area contributed by atoms with Crippen LogP contribution in [0.5, 0.6) is 0 Å². The van der Waals surface area contributed by atoms with Crippen molar-refractivity contribution in [1.82, 2.24) is 10.3 Å². The maximum absolute atomic E-state index is 11.7. The number of nitrogens with two attached hydrogens (primary N) is 1. The third kappa shape index (κ3) is 2.72. The van der Waals surface area contributed by atoms with E-state index in [0.29, 0.717) is 18.8 Å². The van der Waals surface area contributed by atoms with Gasteiger partial charge in [0.2, 0.25) is 0 Å². The second kappa shape index (κ2) is 5.11. The minimum atomic E-state index is -0.238. The summed E-state index contributed by atoms with van der Waals surface area (Å²) in [7, 11) is 0. The first-order valence-corrected chi connectivity index (χ1v) is 6.04. The average Bonchev–Trinajstić information content (AvgIpc) is 2.94. The zero-order valence-corrected chi connectivity index (χ0v) is 10.2. The fourth-order valence-corrected chi connectivity index (χ4v) is 2.07. The highest BCUT2D eigenvalue weighted by Gasteiger charge is 2.11.